The molecule has 0 saturated heterocycles. The smallest absolute Gasteiger partial charge is 0.171 e. The Morgan fingerprint density at radius 2 is 1.86 bits per heavy atom. The molecule has 0 heterocycles. The molecule has 2 aromatic carbocycles. The normalized spacial score (nSPS) is 11.8. The first-order valence-corrected chi connectivity index (χ1v) is 6.95. The average Bonchev–Trinajstić information content (AvgIpc) is 2.41. The summed E-state index contributed by atoms with van der Waals surface area (Å²) in [4.78, 5) is 0. The van der Waals surface area contributed by atoms with Gasteiger partial charge in [0, 0.05) is 5.69 Å². The van der Waals surface area contributed by atoms with Crippen molar-refractivity contribution in [2.45, 2.75) is 19.9 Å². The minimum atomic E-state index is -0.862. The summed E-state index contributed by atoms with van der Waals surface area (Å²) >= 11 is 5.22. The highest BCUT2D eigenvalue weighted by atomic mass is 32.1. The zero-order valence-electron chi connectivity index (χ0n) is 11.8. The predicted molar refractivity (Wildman–Crippen MR) is 85.3 cm³/mol. The SMILES string of the molecule is Cc1cccc(NC(=S)N[C@@H](C)c2ccc(F)c(F)c2)c1. The summed E-state index contributed by atoms with van der Waals surface area (Å²) in [5.74, 6) is -1.72. The van der Waals surface area contributed by atoms with Crippen molar-refractivity contribution in [1.82, 2.24) is 5.32 Å². The van der Waals surface area contributed by atoms with Crippen molar-refractivity contribution in [2.24, 2.45) is 0 Å². The van der Waals surface area contributed by atoms with Gasteiger partial charge < -0.3 is 10.6 Å². The molecule has 2 nitrogen and oxygen atoms in total. The van der Waals surface area contributed by atoms with E-state index in [-0.39, 0.29) is 6.04 Å². The van der Waals surface area contributed by atoms with E-state index < -0.39 is 11.6 Å². The van der Waals surface area contributed by atoms with Crippen LogP contribution in [-0.4, -0.2) is 5.11 Å². The monoisotopic (exact) mass is 306 g/mol. The lowest BCUT2D eigenvalue weighted by Gasteiger charge is -2.17. The fourth-order valence-corrected chi connectivity index (χ4v) is 2.25. The number of anilines is 1. The molecule has 21 heavy (non-hydrogen) atoms. The van der Waals surface area contributed by atoms with E-state index in [4.69, 9.17) is 12.2 Å². The van der Waals surface area contributed by atoms with Crippen molar-refractivity contribution >= 4 is 23.0 Å². The fraction of sp³-hybridized carbons (Fsp3) is 0.188. The number of hydrogen-bond acceptors (Lipinski definition) is 1. The second kappa shape index (κ2) is 6.63. The average molecular weight is 306 g/mol. The number of aryl methyl sites for hydroxylation is 1. The third kappa shape index (κ3) is 4.23. The van der Waals surface area contributed by atoms with Crippen LogP contribution >= 0.6 is 12.2 Å². The number of benzene rings is 2. The lowest BCUT2D eigenvalue weighted by Crippen LogP contribution is -2.31. The highest BCUT2D eigenvalue weighted by Crippen LogP contribution is 2.16. The van der Waals surface area contributed by atoms with Crippen LogP contribution in [0.1, 0.15) is 24.1 Å². The summed E-state index contributed by atoms with van der Waals surface area (Å²) in [5, 5.41) is 6.53. The molecule has 0 aromatic heterocycles. The third-order valence-electron chi connectivity index (χ3n) is 3.07. The zero-order valence-corrected chi connectivity index (χ0v) is 12.6. The van der Waals surface area contributed by atoms with Crippen molar-refractivity contribution in [2.75, 3.05) is 5.32 Å². The maximum absolute atomic E-state index is 13.2. The van der Waals surface area contributed by atoms with Gasteiger partial charge >= 0.3 is 0 Å². The molecule has 0 fully saturated rings. The van der Waals surface area contributed by atoms with Gasteiger partial charge in [0.25, 0.3) is 0 Å². The number of halogens is 2. The van der Waals surface area contributed by atoms with E-state index >= 15 is 0 Å². The Hall–Kier alpha value is -2.01. The van der Waals surface area contributed by atoms with Crippen LogP contribution < -0.4 is 10.6 Å². The Labute approximate surface area is 128 Å². The Kier molecular flexibility index (Phi) is 4.85. The van der Waals surface area contributed by atoms with Gasteiger partial charge in [0.2, 0.25) is 0 Å². The topological polar surface area (TPSA) is 24.1 Å². The molecule has 2 aromatic rings. The van der Waals surface area contributed by atoms with Gasteiger partial charge in [0.15, 0.2) is 16.7 Å². The molecule has 0 aliphatic rings. The first kappa shape index (κ1) is 15.4. The molecule has 0 aliphatic carbocycles. The molecule has 1 atom stereocenters. The molecule has 0 aliphatic heterocycles. The minimum Gasteiger partial charge on any atom is -0.356 e. The molecule has 0 bridgehead atoms. The molecule has 0 spiro atoms. The molecule has 110 valence electrons. The van der Waals surface area contributed by atoms with Gasteiger partial charge in [-0.3, -0.25) is 0 Å². The van der Waals surface area contributed by atoms with Crippen LogP contribution in [-0.2, 0) is 0 Å². The van der Waals surface area contributed by atoms with Crippen LogP contribution in [0.25, 0.3) is 0 Å². The third-order valence-corrected chi connectivity index (χ3v) is 3.29. The summed E-state index contributed by atoms with van der Waals surface area (Å²) in [5.41, 5.74) is 2.63. The van der Waals surface area contributed by atoms with E-state index in [0.29, 0.717) is 10.7 Å². The predicted octanol–water partition coefficient (Wildman–Crippen LogP) is 4.32. The lowest BCUT2D eigenvalue weighted by atomic mass is 10.1. The van der Waals surface area contributed by atoms with Gasteiger partial charge in [-0.15, -0.1) is 0 Å². The lowest BCUT2D eigenvalue weighted by molar-refractivity contribution is 0.505. The first-order valence-electron chi connectivity index (χ1n) is 6.55. The first-order chi connectivity index (χ1) is 9.95. The van der Waals surface area contributed by atoms with E-state index in [1.807, 2.05) is 38.1 Å². The molecule has 2 N–H and O–H groups in total. The minimum absolute atomic E-state index is 0.232. The van der Waals surface area contributed by atoms with Crippen LogP contribution in [0.3, 0.4) is 0 Å². The molecule has 0 amide bonds. The van der Waals surface area contributed by atoms with Gasteiger partial charge in [0.05, 0.1) is 6.04 Å². The second-order valence-corrected chi connectivity index (χ2v) is 5.27. The van der Waals surface area contributed by atoms with Gasteiger partial charge in [-0.05, 0) is 61.5 Å². The number of hydrogen-bond donors (Lipinski definition) is 2. The largest absolute Gasteiger partial charge is 0.356 e. The van der Waals surface area contributed by atoms with Gasteiger partial charge in [-0.2, -0.15) is 0 Å². The summed E-state index contributed by atoms with van der Waals surface area (Å²) in [6.07, 6.45) is 0. The molecular weight excluding hydrogens is 290 g/mol. The van der Waals surface area contributed by atoms with E-state index in [1.165, 1.54) is 12.1 Å². The number of thiocarbonyl (C=S) groups is 1. The summed E-state index contributed by atoms with van der Waals surface area (Å²) in [6.45, 7) is 3.82. The number of rotatable bonds is 3. The van der Waals surface area contributed by atoms with Crippen molar-refractivity contribution in [1.29, 1.82) is 0 Å². The van der Waals surface area contributed by atoms with Crippen LogP contribution in [0.15, 0.2) is 42.5 Å². The Morgan fingerprint density at radius 3 is 2.52 bits per heavy atom. The summed E-state index contributed by atoms with van der Waals surface area (Å²) in [6, 6.07) is 11.4. The summed E-state index contributed by atoms with van der Waals surface area (Å²) in [7, 11) is 0. The maximum atomic E-state index is 13.2. The molecule has 0 unspecified atom stereocenters. The van der Waals surface area contributed by atoms with Crippen LogP contribution in [0, 0.1) is 18.6 Å². The summed E-state index contributed by atoms with van der Waals surface area (Å²) < 4.78 is 26.1. The molecule has 2 rings (SSSR count). The standard InChI is InChI=1S/C16H16F2N2S/c1-10-4-3-5-13(8-10)20-16(21)19-11(2)12-6-7-14(17)15(18)9-12/h3-9,11H,1-2H3,(H2,19,20,21)/t11-/m0/s1. The molecular formula is C16H16F2N2S. The quantitative estimate of drug-likeness (QED) is 0.826. The fourth-order valence-electron chi connectivity index (χ4n) is 1.95. The van der Waals surface area contributed by atoms with Crippen LogP contribution in [0.2, 0.25) is 0 Å². The highest BCUT2D eigenvalue weighted by Gasteiger charge is 2.10. The van der Waals surface area contributed by atoms with Gasteiger partial charge in [-0.1, -0.05) is 18.2 Å². The molecule has 0 radical (unpaired) electrons. The van der Waals surface area contributed by atoms with Gasteiger partial charge in [-0.25, -0.2) is 8.78 Å². The van der Waals surface area contributed by atoms with Crippen molar-refractivity contribution in [3.8, 4) is 0 Å². The maximum Gasteiger partial charge on any atom is 0.171 e. The van der Waals surface area contributed by atoms with Crippen LogP contribution in [0.5, 0.6) is 0 Å². The Balaban J connectivity index is 2.00. The van der Waals surface area contributed by atoms with Crippen molar-refractivity contribution in [3.63, 3.8) is 0 Å². The van der Waals surface area contributed by atoms with Gasteiger partial charge in [0.1, 0.15) is 0 Å². The van der Waals surface area contributed by atoms with E-state index in [1.54, 1.807) is 0 Å². The zero-order chi connectivity index (χ0) is 15.4. The van der Waals surface area contributed by atoms with E-state index in [0.717, 1.165) is 17.3 Å². The number of nitrogens with one attached hydrogen (secondary N) is 2. The Morgan fingerprint density at radius 1 is 1.10 bits per heavy atom. The second-order valence-electron chi connectivity index (χ2n) is 4.86. The molecule has 5 heteroatoms. The van der Waals surface area contributed by atoms with Crippen molar-refractivity contribution < 1.29 is 8.78 Å². The van der Waals surface area contributed by atoms with E-state index in [9.17, 15) is 8.78 Å². The van der Waals surface area contributed by atoms with E-state index in [2.05, 4.69) is 10.6 Å². The van der Waals surface area contributed by atoms with Crippen LogP contribution in [0.4, 0.5) is 14.5 Å². The highest BCUT2D eigenvalue weighted by molar-refractivity contribution is 7.80. The Bertz CT molecular complexity index is 658. The van der Waals surface area contributed by atoms with Crippen molar-refractivity contribution in [3.05, 3.63) is 65.2 Å². The molecule has 0 saturated carbocycles.